The molecule has 7 nitrogen and oxygen atoms in total. The van der Waals surface area contributed by atoms with Gasteiger partial charge in [-0.05, 0) is 66.9 Å². The molecule has 7 heteroatoms. The van der Waals surface area contributed by atoms with Crippen LogP contribution in [0, 0.1) is 0 Å². The van der Waals surface area contributed by atoms with Gasteiger partial charge in [-0.2, -0.15) is 0 Å². The summed E-state index contributed by atoms with van der Waals surface area (Å²) in [6.45, 7) is 4.64. The van der Waals surface area contributed by atoms with Gasteiger partial charge in [-0.3, -0.25) is 9.59 Å². The molecule has 3 aromatic rings. The fourth-order valence-electron chi connectivity index (χ4n) is 4.68. The van der Waals surface area contributed by atoms with Crippen LogP contribution in [0.25, 0.3) is 5.76 Å². The lowest BCUT2D eigenvalue weighted by Gasteiger charge is -2.25. The Kier molecular flexibility index (Phi) is 6.07. The smallest absolute Gasteiger partial charge is 0.296 e. The number of furan rings is 1. The SMILES string of the molecule is CCCOc1cccc([C@@H]2C(=C(O)c3ccc4c(c3)C[C@@H](C)O4)C(=O)C(=O)N2Cc2ccco2)c1. The topological polar surface area (TPSA) is 89.2 Å². The number of ether oxygens (including phenoxy) is 2. The maximum absolute atomic E-state index is 13.3. The molecular weight excluding hydrogens is 446 g/mol. The molecule has 1 amide bonds. The third-order valence-electron chi connectivity index (χ3n) is 6.26. The molecule has 1 N–H and O–H groups in total. The van der Waals surface area contributed by atoms with Gasteiger partial charge in [-0.1, -0.05) is 19.1 Å². The lowest BCUT2D eigenvalue weighted by molar-refractivity contribution is -0.140. The normalized spacial score (nSPS) is 20.7. The van der Waals surface area contributed by atoms with Gasteiger partial charge in [0.25, 0.3) is 11.7 Å². The first-order chi connectivity index (χ1) is 17.0. The Morgan fingerprint density at radius 3 is 2.77 bits per heavy atom. The van der Waals surface area contributed by atoms with E-state index in [0.717, 1.165) is 17.7 Å². The van der Waals surface area contributed by atoms with Gasteiger partial charge in [-0.15, -0.1) is 0 Å². The van der Waals surface area contributed by atoms with Crippen molar-refractivity contribution in [3.05, 3.63) is 88.9 Å². The molecule has 2 aliphatic rings. The maximum Gasteiger partial charge on any atom is 0.296 e. The number of carbonyl (C=O) groups is 2. The van der Waals surface area contributed by atoms with Gasteiger partial charge in [0.2, 0.25) is 0 Å². The number of benzene rings is 2. The number of Topliss-reactive ketones (excluding diaryl/α,β-unsaturated/α-hetero) is 1. The summed E-state index contributed by atoms with van der Waals surface area (Å²) in [6, 6.07) is 15.3. The van der Waals surface area contributed by atoms with E-state index in [9.17, 15) is 14.7 Å². The Labute approximate surface area is 203 Å². The maximum atomic E-state index is 13.3. The average molecular weight is 474 g/mol. The molecule has 0 saturated carbocycles. The summed E-state index contributed by atoms with van der Waals surface area (Å²) in [5.41, 5.74) is 2.14. The highest BCUT2D eigenvalue weighted by Crippen LogP contribution is 2.42. The Bertz CT molecular complexity index is 1290. The number of nitrogens with zero attached hydrogens (tertiary/aromatic N) is 1. The number of likely N-dealkylation sites (tertiary alicyclic amines) is 1. The highest BCUT2D eigenvalue weighted by molar-refractivity contribution is 6.46. The Hall–Kier alpha value is -4.00. The first-order valence-electron chi connectivity index (χ1n) is 11.8. The number of aliphatic hydroxyl groups excluding tert-OH is 1. The number of carbonyl (C=O) groups excluding carboxylic acids is 2. The monoisotopic (exact) mass is 473 g/mol. The lowest BCUT2D eigenvalue weighted by atomic mass is 9.94. The van der Waals surface area contributed by atoms with Gasteiger partial charge in [0.1, 0.15) is 29.1 Å². The fourth-order valence-corrected chi connectivity index (χ4v) is 4.68. The van der Waals surface area contributed by atoms with E-state index in [-0.39, 0.29) is 24.0 Å². The van der Waals surface area contributed by atoms with E-state index in [0.29, 0.717) is 35.7 Å². The minimum absolute atomic E-state index is 0.0427. The van der Waals surface area contributed by atoms with Crippen LogP contribution in [-0.4, -0.2) is 34.4 Å². The van der Waals surface area contributed by atoms with E-state index in [1.165, 1.54) is 11.2 Å². The summed E-state index contributed by atoms with van der Waals surface area (Å²) >= 11 is 0. The fraction of sp³-hybridized carbons (Fsp3) is 0.286. The first kappa shape index (κ1) is 22.8. The second-order valence-corrected chi connectivity index (χ2v) is 8.88. The van der Waals surface area contributed by atoms with E-state index >= 15 is 0 Å². The number of amides is 1. The minimum Gasteiger partial charge on any atom is -0.507 e. The van der Waals surface area contributed by atoms with E-state index in [1.807, 2.05) is 44.2 Å². The lowest BCUT2D eigenvalue weighted by Crippen LogP contribution is -2.29. The van der Waals surface area contributed by atoms with Crippen molar-refractivity contribution in [2.45, 2.75) is 45.4 Å². The van der Waals surface area contributed by atoms with Crippen LogP contribution in [0.15, 0.2) is 70.9 Å². The third kappa shape index (κ3) is 4.30. The summed E-state index contributed by atoms with van der Waals surface area (Å²) in [7, 11) is 0. The zero-order valence-corrected chi connectivity index (χ0v) is 19.7. The van der Waals surface area contributed by atoms with Gasteiger partial charge < -0.3 is 23.9 Å². The van der Waals surface area contributed by atoms with Crippen LogP contribution in [0.2, 0.25) is 0 Å². The second kappa shape index (κ2) is 9.33. The first-order valence-corrected chi connectivity index (χ1v) is 11.8. The van der Waals surface area contributed by atoms with E-state index in [4.69, 9.17) is 13.9 Å². The van der Waals surface area contributed by atoms with Crippen molar-refractivity contribution in [1.82, 2.24) is 4.90 Å². The van der Waals surface area contributed by atoms with Crippen molar-refractivity contribution in [3.63, 3.8) is 0 Å². The Morgan fingerprint density at radius 2 is 2.00 bits per heavy atom. The zero-order valence-electron chi connectivity index (χ0n) is 19.7. The molecule has 35 heavy (non-hydrogen) atoms. The van der Waals surface area contributed by atoms with Gasteiger partial charge in [0, 0.05) is 12.0 Å². The van der Waals surface area contributed by atoms with Crippen molar-refractivity contribution in [3.8, 4) is 11.5 Å². The third-order valence-corrected chi connectivity index (χ3v) is 6.26. The van der Waals surface area contributed by atoms with Crippen LogP contribution in [0.3, 0.4) is 0 Å². The van der Waals surface area contributed by atoms with Crippen LogP contribution in [0.1, 0.15) is 48.8 Å². The van der Waals surface area contributed by atoms with Crippen molar-refractivity contribution < 1.29 is 28.6 Å². The van der Waals surface area contributed by atoms with Crippen molar-refractivity contribution >= 4 is 17.4 Å². The van der Waals surface area contributed by atoms with E-state index < -0.39 is 17.7 Å². The molecule has 0 radical (unpaired) electrons. The van der Waals surface area contributed by atoms with Crippen molar-refractivity contribution in [1.29, 1.82) is 0 Å². The number of ketones is 1. The second-order valence-electron chi connectivity index (χ2n) is 8.88. The average Bonchev–Trinajstić information content (AvgIpc) is 3.56. The molecule has 5 rings (SSSR count). The molecule has 2 aliphatic heterocycles. The summed E-state index contributed by atoms with van der Waals surface area (Å²) in [5.74, 6) is 0.313. The van der Waals surface area contributed by atoms with Gasteiger partial charge in [-0.25, -0.2) is 0 Å². The molecule has 1 fully saturated rings. The number of hydrogen-bond donors (Lipinski definition) is 1. The molecule has 0 spiro atoms. The standard InChI is InChI=1S/C28H27NO6/c1-3-11-33-21-7-4-6-18(15-21)25-24(27(31)28(32)29(25)16-22-8-5-12-34-22)26(30)19-9-10-23-20(14-19)13-17(2)35-23/h4-10,12,14-15,17,25,30H,3,11,13,16H2,1-2H3/t17-,25-/m1/s1. The highest BCUT2D eigenvalue weighted by Gasteiger charge is 2.46. The molecular formula is C28H27NO6. The molecule has 0 aliphatic carbocycles. The number of fused-ring (bicyclic) bond motifs is 1. The number of hydrogen-bond acceptors (Lipinski definition) is 6. The summed E-state index contributed by atoms with van der Waals surface area (Å²) < 4.78 is 17.0. The Balaban J connectivity index is 1.61. The van der Waals surface area contributed by atoms with Crippen LogP contribution in [-0.2, 0) is 22.6 Å². The van der Waals surface area contributed by atoms with Gasteiger partial charge in [0.15, 0.2) is 0 Å². The van der Waals surface area contributed by atoms with Crippen LogP contribution in [0.4, 0.5) is 0 Å². The minimum atomic E-state index is -0.797. The zero-order chi connectivity index (χ0) is 24.5. The number of aliphatic hydroxyl groups is 1. The molecule has 180 valence electrons. The van der Waals surface area contributed by atoms with Crippen molar-refractivity contribution in [2.24, 2.45) is 0 Å². The van der Waals surface area contributed by atoms with Crippen LogP contribution >= 0.6 is 0 Å². The summed E-state index contributed by atoms with van der Waals surface area (Å²) in [5, 5.41) is 11.4. The van der Waals surface area contributed by atoms with E-state index in [2.05, 4.69) is 0 Å². The van der Waals surface area contributed by atoms with Gasteiger partial charge >= 0.3 is 0 Å². The van der Waals surface area contributed by atoms with Crippen LogP contribution in [0.5, 0.6) is 11.5 Å². The molecule has 3 heterocycles. The largest absolute Gasteiger partial charge is 0.507 e. The summed E-state index contributed by atoms with van der Waals surface area (Å²) in [4.78, 5) is 27.9. The predicted octanol–water partition coefficient (Wildman–Crippen LogP) is 5.01. The number of rotatable bonds is 7. The quantitative estimate of drug-likeness (QED) is 0.295. The molecule has 1 aromatic heterocycles. The molecule has 0 bridgehead atoms. The van der Waals surface area contributed by atoms with Crippen LogP contribution < -0.4 is 9.47 Å². The molecule has 2 atom stereocenters. The molecule has 0 unspecified atom stereocenters. The molecule has 2 aromatic carbocycles. The highest BCUT2D eigenvalue weighted by atomic mass is 16.5. The predicted molar refractivity (Wildman–Crippen MR) is 129 cm³/mol. The van der Waals surface area contributed by atoms with Gasteiger partial charge in [0.05, 0.1) is 31.0 Å². The molecule has 1 saturated heterocycles. The van der Waals surface area contributed by atoms with E-state index in [1.54, 1.807) is 24.3 Å². The summed E-state index contributed by atoms with van der Waals surface area (Å²) in [6.07, 6.45) is 3.13. The van der Waals surface area contributed by atoms with Crippen molar-refractivity contribution in [2.75, 3.05) is 6.61 Å². The Morgan fingerprint density at radius 1 is 1.14 bits per heavy atom.